The highest BCUT2D eigenvalue weighted by atomic mass is 35.5. The van der Waals surface area contributed by atoms with Crippen molar-refractivity contribution in [3.05, 3.63) is 125 Å². The predicted molar refractivity (Wildman–Crippen MR) is 142 cm³/mol. The molecule has 0 fully saturated rings. The number of halogens is 6. The van der Waals surface area contributed by atoms with Crippen molar-refractivity contribution in [3.63, 3.8) is 0 Å². The Morgan fingerprint density at radius 3 is 1.03 bits per heavy atom. The zero-order chi connectivity index (χ0) is 23.5. The molecule has 0 bridgehead atoms. The summed E-state index contributed by atoms with van der Waals surface area (Å²) in [5.41, 5.74) is 4.18. The molecule has 0 saturated carbocycles. The van der Waals surface area contributed by atoms with Gasteiger partial charge in [0.05, 0.1) is 30.1 Å². The smallest absolute Gasteiger partial charge is 0.127 e. The highest BCUT2D eigenvalue weighted by molar-refractivity contribution is 6.48. The van der Waals surface area contributed by atoms with Crippen LogP contribution in [0, 0.1) is 0 Å². The van der Waals surface area contributed by atoms with Crippen molar-refractivity contribution in [2.45, 2.75) is 12.8 Å². The number of hydrogen-bond acceptors (Lipinski definition) is 1. The molecule has 0 aliphatic rings. The van der Waals surface area contributed by atoms with Crippen LogP contribution in [-0.2, 0) is 12.8 Å². The lowest BCUT2D eigenvalue weighted by Crippen LogP contribution is -1.91. The van der Waals surface area contributed by atoms with E-state index in [1.54, 1.807) is 0 Å². The molecule has 4 aromatic carbocycles. The van der Waals surface area contributed by atoms with Gasteiger partial charge in [-0.1, -0.05) is 93.9 Å². The van der Waals surface area contributed by atoms with Gasteiger partial charge in [-0.2, -0.15) is 0 Å². The van der Waals surface area contributed by atoms with Crippen molar-refractivity contribution in [2.24, 2.45) is 0 Å². The fourth-order valence-corrected chi connectivity index (χ4v) is 4.66. The van der Waals surface area contributed by atoms with Crippen molar-refractivity contribution in [3.8, 4) is 11.5 Å². The van der Waals surface area contributed by atoms with E-state index in [0.29, 0.717) is 43.0 Å². The van der Waals surface area contributed by atoms with E-state index in [-0.39, 0.29) is 0 Å². The number of benzene rings is 4. The zero-order valence-corrected chi connectivity index (χ0v) is 21.6. The van der Waals surface area contributed by atoms with E-state index in [0.717, 1.165) is 33.8 Å². The van der Waals surface area contributed by atoms with Crippen LogP contribution < -0.4 is 4.74 Å². The minimum absolute atomic E-state index is 0.373. The van der Waals surface area contributed by atoms with E-state index >= 15 is 0 Å². The molecule has 0 heterocycles. The largest absolute Gasteiger partial charge is 0.457 e. The maximum Gasteiger partial charge on any atom is 0.127 e. The predicted octanol–water partition coefficient (Wildman–Crippen LogP) is 10.6. The summed E-state index contributed by atoms with van der Waals surface area (Å²) in [4.78, 5) is 0. The molecule has 0 N–H and O–H groups in total. The standard InChI is InChI=1S/C26H16Cl6O/c27-21-11-17(12-22(28)25(21)31)9-15-1-5-19(6-2-15)33-20-7-3-16(4-8-20)10-18-13-23(29)26(32)24(30)14-18/h1-8,11-14H,9-10H2. The van der Waals surface area contributed by atoms with E-state index in [9.17, 15) is 0 Å². The van der Waals surface area contributed by atoms with Gasteiger partial charge in [-0.25, -0.2) is 0 Å². The van der Waals surface area contributed by atoms with E-state index < -0.39 is 0 Å². The lowest BCUT2D eigenvalue weighted by Gasteiger charge is -2.10. The van der Waals surface area contributed by atoms with Gasteiger partial charge in [0, 0.05) is 0 Å². The normalized spacial score (nSPS) is 11.0. The third-order valence-electron chi connectivity index (χ3n) is 4.99. The lowest BCUT2D eigenvalue weighted by atomic mass is 10.0. The Balaban J connectivity index is 1.39. The van der Waals surface area contributed by atoms with Gasteiger partial charge in [0.25, 0.3) is 0 Å². The molecule has 1 nitrogen and oxygen atoms in total. The third-order valence-corrected chi connectivity index (χ3v) is 7.38. The van der Waals surface area contributed by atoms with Crippen LogP contribution in [0.4, 0.5) is 0 Å². The molecule has 0 spiro atoms. The molecule has 0 aliphatic carbocycles. The fourth-order valence-electron chi connectivity index (χ4n) is 3.38. The first-order valence-corrected chi connectivity index (χ1v) is 12.2. The van der Waals surface area contributed by atoms with Crippen LogP contribution >= 0.6 is 69.6 Å². The Morgan fingerprint density at radius 2 is 0.727 bits per heavy atom. The Morgan fingerprint density at radius 1 is 0.424 bits per heavy atom. The first kappa shape index (κ1) is 24.5. The Bertz CT molecular complexity index is 1140. The summed E-state index contributed by atoms with van der Waals surface area (Å²) in [6, 6.07) is 23.1. The third kappa shape index (κ3) is 6.31. The van der Waals surface area contributed by atoms with Gasteiger partial charge in [-0.3, -0.25) is 0 Å². The van der Waals surface area contributed by atoms with Gasteiger partial charge >= 0.3 is 0 Å². The minimum Gasteiger partial charge on any atom is -0.457 e. The Hall–Kier alpha value is -1.58. The first-order chi connectivity index (χ1) is 15.8. The molecule has 7 heteroatoms. The molecule has 4 rings (SSSR count). The molecule has 0 aromatic heterocycles. The van der Waals surface area contributed by atoms with Crippen molar-refractivity contribution in [1.29, 1.82) is 0 Å². The Labute approximate surface area is 222 Å². The average molecular weight is 557 g/mol. The van der Waals surface area contributed by atoms with Crippen molar-refractivity contribution < 1.29 is 4.74 Å². The second-order valence-electron chi connectivity index (χ2n) is 7.49. The van der Waals surface area contributed by atoms with Crippen LogP contribution in [0.2, 0.25) is 30.1 Å². The summed E-state index contributed by atoms with van der Waals surface area (Å²) >= 11 is 36.5. The molecule has 0 radical (unpaired) electrons. The molecular weight excluding hydrogens is 541 g/mol. The van der Waals surface area contributed by atoms with Gasteiger partial charge < -0.3 is 4.74 Å². The van der Waals surface area contributed by atoms with Crippen LogP contribution in [0.25, 0.3) is 0 Å². The molecule has 0 atom stereocenters. The second-order valence-corrected chi connectivity index (χ2v) is 9.88. The number of hydrogen-bond donors (Lipinski definition) is 0. The average Bonchev–Trinajstić information content (AvgIpc) is 2.78. The molecule has 0 aliphatic heterocycles. The summed E-state index contributed by atoms with van der Waals surface area (Å²) in [5.74, 6) is 1.49. The van der Waals surface area contributed by atoms with E-state index in [1.807, 2.05) is 72.8 Å². The monoisotopic (exact) mass is 554 g/mol. The van der Waals surface area contributed by atoms with Crippen LogP contribution in [0.5, 0.6) is 11.5 Å². The molecular formula is C26H16Cl6O. The SMILES string of the molecule is Clc1cc(Cc2ccc(Oc3ccc(Cc4cc(Cl)c(Cl)c(Cl)c4)cc3)cc2)cc(Cl)c1Cl. The zero-order valence-electron chi connectivity index (χ0n) is 17.0. The summed E-state index contributed by atoms with van der Waals surface area (Å²) < 4.78 is 5.98. The highest BCUT2D eigenvalue weighted by Gasteiger charge is 2.08. The van der Waals surface area contributed by atoms with Gasteiger partial charge in [0.2, 0.25) is 0 Å². The van der Waals surface area contributed by atoms with E-state index in [4.69, 9.17) is 74.3 Å². The maximum absolute atomic E-state index is 6.12. The second kappa shape index (κ2) is 10.8. The number of ether oxygens (including phenoxy) is 1. The topological polar surface area (TPSA) is 9.23 Å². The summed E-state index contributed by atoms with van der Waals surface area (Å²) in [5, 5.41) is 2.54. The fraction of sp³-hybridized carbons (Fsp3) is 0.0769. The van der Waals surface area contributed by atoms with Crippen molar-refractivity contribution in [2.75, 3.05) is 0 Å². The maximum atomic E-state index is 6.12. The molecule has 0 unspecified atom stereocenters. The summed E-state index contributed by atoms with van der Waals surface area (Å²) in [7, 11) is 0. The molecule has 0 amide bonds. The lowest BCUT2D eigenvalue weighted by molar-refractivity contribution is 0.482. The molecule has 168 valence electrons. The molecule has 0 saturated heterocycles. The van der Waals surface area contributed by atoms with Crippen LogP contribution in [0.3, 0.4) is 0 Å². The van der Waals surface area contributed by atoms with E-state index in [2.05, 4.69) is 0 Å². The van der Waals surface area contributed by atoms with Gasteiger partial charge in [-0.05, 0) is 83.6 Å². The van der Waals surface area contributed by atoms with Crippen molar-refractivity contribution >= 4 is 69.6 Å². The Kier molecular flexibility index (Phi) is 8.02. The van der Waals surface area contributed by atoms with Gasteiger partial charge in [0.1, 0.15) is 11.5 Å². The van der Waals surface area contributed by atoms with Crippen LogP contribution in [0.1, 0.15) is 22.3 Å². The number of rotatable bonds is 6. The van der Waals surface area contributed by atoms with Crippen LogP contribution in [-0.4, -0.2) is 0 Å². The molecule has 33 heavy (non-hydrogen) atoms. The highest BCUT2D eigenvalue weighted by Crippen LogP contribution is 2.33. The van der Waals surface area contributed by atoms with Gasteiger partial charge in [-0.15, -0.1) is 0 Å². The van der Waals surface area contributed by atoms with Gasteiger partial charge in [0.15, 0.2) is 0 Å². The van der Waals surface area contributed by atoms with Crippen LogP contribution in [0.15, 0.2) is 72.8 Å². The molecule has 4 aromatic rings. The minimum atomic E-state index is 0.373. The quantitative estimate of drug-likeness (QED) is 0.215. The first-order valence-electron chi connectivity index (χ1n) is 9.91. The summed E-state index contributed by atoms with van der Waals surface area (Å²) in [6.07, 6.45) is 1.37. The van der Waals surface area contributed by atoms with Crippen molar-refractivity contribution in [1.82, 2.24) is 0 Å². The van der Waals surface area contributed by atoms with E-state index in [1.165, 1.54) is 0 Å². The summed E-state index contributed by atoms with van der Waals surface area (Å²) in [6.45, 7) is 0.